The third kappa shape index (κ3) is 8.57. The summed E-state index contributed by atoms with van der Waals surface area (Å²) >= 11 is 0. The normalized spacial score (nSPS) is 18.5. The van der Waals surface area contributed by atoms with Crippen LogP contribution in [0.5, 0.6) is 23.0 Å². The molecular formula is C43H54N8O8. The molecule has 3 aliphatic rings. The number of ether oxygens (including phenoxy) is 4. The maximum atomic E-state index is 13.9. The Kier molecular flexibility index (Phi) is 11.4. The van der Waals surface area contributed by atoms with Gasteiger partial charge in [0.05, 0.1) is 56.0 Å². The molecule has 0 bridgehead atoms. The van der Waals surface area contributed by atoms with Crippen LogP contribution in [0.1, 0.15) is 91.0 Å². The Balaban J connectivity index is 1.05. The van der Waals surface area contributed by atoms with Gasteiger partial charge in [-0.25, -0.2) is 19.6 Å². The molecule has 2 aromatic carbocycles. The van der Waals surface area contributed by atoms with Gasteiger partial charge in [0.2, 0.25) is 11.8 Å². The topological polar surface area (TPSA) is 193 Å². The first-order valence-electron chi connectivity index (χ1n) is 20.1. The lowest BCUT2D eigenvalue weighted by atomic mass is 9.79. The second kappa shape index (κ2) is 16.3. The predicted octanol–water partition coefficient (Wildman–Crippen LogP) is 7.48. The van der Waals surface area contributed by atoms with Gasteiger partial charge in [-0.1, -0.05) is 41.5 Å². The van der Waals surface area contributed by atoms with Crippen molar-refractivity contribution in [3.05, 3.63) is 60.4 Å². The van der Waals surface area contributed by atoms with E-state index < -0.39 is 35.0 Å². The molecule has 16 nitrogen and oxygen atoms in total. The molecule has 4 atom stereocenters. The van der Waals surface area contributed by atoms with Gasteiger partial charge in [-0.15, -0.1) is 0 Å². The fourth-order valence-corrected chi connectivity index (χ4v) is 8.06. The molecule has 0 spiro atoms. The maximum Gasteiger partial charge on any atom is 0.407 e. The van der Waals surface area contributed by atoms with Crippen molar-refractivity contribution in [2.24, 2.45) is 16.7 Å². The highest BCUT2D eigenvalue weighted by Gasteiger charge is 2.42. The molecule has 314 valence electrons. The van der Waals surface area contributed by atoms with Gasteiger partial charge in [-0.05, 0) is 72.9 Å². The van der Waals surface area contributed by atoms with Gasteiger partial charge in [-0.2, -0.15) is 0 Å². The fourth-order valence-electron chi connectivity index (χ4n) is 8.06. The summed E-state index contributed by atoms with van der Waals surface area (Å²) in [6.07, 6.45) is 5.44. The smallest absolute Gasteiger partial charge is 0.407 e. The Morgan fingerprint density at radius 3 is 1.69 bits per heavy atom. The monoisotopic (exact) mass is 810 g/mol. The second-order valence-corrected chi connectivity index (χ2v) is 17.5. The lowest BCUT2D eigenvalue weighted by molar-refractivity contribution is -0.140. The lowest BCUT2D eigenvalue weighted by Gasteiger charge is -2.35. The van der Waals surface area contributed by atoms with Crippen LogP contribution in [0.2, 0.25) is 0 Å². The van der Waals surface area contributed by atoms with E-state index in [1.807, 2.05) is 82.8 Å². The summed E-state index contributed by atoms with van der Waals surface area (Å²) in [5.74, 6) is 2.89. The Labute approximate surface area is 343 Å². The number of fused-ring (bicyclic) bond motifs is 2. The number of hydrogen-bond donors (Lipinski definition) is 4. The molecule has 5 heterocycles. The molecule has 2 aromatic heterocycles. The molecule has 59 heavy (non-hydrogen) atoms. The molecule has 7 rings (SSSR count). The summed E-state index contributed by atoms with van der Waals surface area (Å²) in [5.41, 5.74) is 2.24. The summed E-state index contributed by atoms with van der Waals surface area (Å²) in [6.45, 7) is 13.0. The van der Waals surface area contributed by atoms with Crippen LogP contribution >= 0.6 is 0 Å². The molecule has 4 N–H and O–H groups in total. The number of alkyl carbamates (subject to hydrolysis) is 2. The lowest BCUT2D eigenvalue weighted by Crippen LogP contribution is -2.54. The number of hydrogen-bond acceptors (Lipinski definition) is 10. The van der Waals surface area contributed by atoms with E-state index in [1.54, 1.807) is 17.3 Å². The first kappa shape index (κ1) is 41.1. The van der Waals surface area contributed by atoms with E-state index in [9.17, 15) is 19.2 Å². The number of aromatic amines is 2. The summed E-state index contributed by atoms with van der Waals surface area (Å²) in [5, 5.41) is 5.44. The minimum absolute atomic E-state index is 0.0343. The second-order valence-electron chi connectivity index (χ2n) is 17.5. The van der Waals surface area contributed by atoms with E-state index in [1.165, 1.54) is 14.2 Å². The maximum absolute atomic E-state index is 13.9. The number of imidazole rings is 2. The van der Waals surface area contributed by atoms with Crippen molar-refractivity contribution in [3.63, 3.8) is 0 Å². The van der Waals surface area contributed by atoms with Crippen LogP contribution in [-0.4, -0.2) is 93.6 Å². The number of H-pyrrole nitrogens is 2. The quantitative estimate of drug-likeness (QED) is 0.116. The van der Waals surface area contributed by atoms with Crippen molar-refractivity contribution in [3.8, 4) is 45.5 Å². The van der Waals surface area contributed by atoms with Gasteiger partial charge in [0.1, 0.15) is 17.7 Å². The van der Waals surface area contributed by atoms with E-state index >= 15 is 0 Å². The first-order valence-corrected chi connectivity index (χ1v) is 20.1. The highest BCUT2D eigenvalue weighted by Crippen LogP contribution is 2.48. The summed E-state index contributed by atoms with van der Waals surface area (Å²) < 4.78 is 22.2. The van der Waals surface area contributed by atoms with Crippen LogP contribution in [-0.2, 0) is 19.1 Å². The number of carbonyl (C=O) groups excluding carboxylic acids is 4. The number of benzene rings is 2. The molecule has 16 heteroatoms. The van der Waals surface area contributed by atoms with Crippen molar-refractivity contribution in [2.75, 3.05) is 33.9 Å². The van der Waals surface area contributed by atoms with Gasteiger partial charge < -0.3 is 49.3 Å². The minimum atomic E-state index is -0.773. The van der Waals surface area contributed by atoms with E-state index in [2.05, 4.69) is 20.6 Å². The fraction of sp³-hybridized carbons (Fsp3) is 0.488. The third-order valence-electron chi connectivity index (χ3n) is 11.4. The number of methoxy groups -OCH3 is 2. The average Bonchev–Trinajstić information content (AvgIpc) is 4.04. The number of likely N-dealkylation sites (tertiary alicyclic amines) is 2. The van der Waals surface area contributed by atoms with Crippen molar-refractivity contribution < 1.29 is 38.1 Å². The molecule has 0 radical (unpaired) electrons. The minimum Gasteiger partial charge on any atom is -0.453 e. The van der Waals surface area contributed by atoms with Gasteiger partial charge in [-0.3, -0.25) is 9.59 Å². The predicted molar refractivity (Wildman–Crippen MR) is 218 cm³/mol. The molecule has 3 aliphatic heterocycles. The van der Waals surface area contributed by atoms with Gasteiger partial charge in [0, 0.05) is 30.8 Å². The number of aromatic nitrogens is 4. The molecule has 2 fully saturated rings. The molecule has 0 saturated carbocycles. The van der Waals surface area contributed by atoms with Gasteiger partial charge >= 0.3 is 12.2 Å². The van der Waals surface area contributed by atoms with E-state index in [0.717, 1.165) is 48.2 Å². The van der Waals surface area contributed by atoms with E-state index in [4.69, 9.17) is 28.9 Å². The third-order valence-corrected chi connectivity index (χ3v) is 11.4. The highest BCUT2D eigenvalue weighted by atomic mass is 16.6. The van der Waals surface area contributed by atoms with E-state index in [0.29, 0.717) is 47.7 Å². The largest absolute Gasteiger partial charge is 0.453 e. The SMILES string of the molecule is COC(=O)NCC(C(=O)N1CCCC1c1ncc(-c2ccc3c(c2)Oc2cc(-c4cnc(C5CCCN5C(=O)C(NC(=O)OC)C(C)(C)C)[nH]4)ccc2O3)[nH]1)C(C)(C)C. The number of amides is 4. The summed E-state index contributed by atoms with van der Waals surface area (Å²) in [4.78, 5) is 71.7. The van der Waals surface area contributed by atoms with Crippen LogP contribution < -0.4 is 20.1 Å². The van der Waals surface area contributed by atoms with Crippen LogP contribution in [0.25, 0.3) is 22.5 Å². The Hall–Kier alpha value is -6.06. The molecule has 2 saturated heterocycles. The molecule has 0 aliphatic carbocycles. The van der Waals surface area contributed by atoms with Crippen LogP contribution in [0.4, 0.5) is 9.59 Å². The van der Waals surface area contributed by atoms with E-state index in [-0.39, 0.29) is 30.4 Å². The zero-order valence-electron chi connectivity index (χ0n) is 34.9. The van der Waals surface area contributed by atoms with Crippen LogP contribution in [0.3, 0.4) is 0 Å². The van der Waals surface area contributed by atoms with Crippen molar-refractivity contribution in [1.82, 2.24) is 40.4 Å². The van der Waals surface area contributed by atoms with Crippen molar-refractivity contribution in [1.29, 1.82) is 0 Å². The van der Waals surface area contributed by atoms with Crippen LogP contribution in [0.15, 0.2) is 48.8 Å². The van der Waals surface area contributed by atoms with Gasteiger partial charge in [0.15, 0.2) is 23.0 Å². The standard InChI is InChI=1S/C43H54N8O8/c1-42(2,3)26(21-46-40(54)56-7)38(52)50-17-9-11-29(50)36-44-22-27(47-36)24-13-15-31-33(19-24)59-34-20-25(14-16-32(34)58-31)28-23-45-37(48-28)30-12-10-18-51(30)39(53)35(43(4,5)6)49-41(55)57-8/h13-16,19-20,22-23,26,29-30,35H,9-12,17-18,21H2,1-8H3,(H,44,47)(H,45,48)(H,46,54)(H,49,55). The summed E-state index contributed by atoms with van der Waals surface area (Å²) in [7, 11) is 2.59. The molecule has 4 unspecified atom stereocenters. The number of rotatable bonds is 9. The Morgan fingerprint density at radius 2 is 1.22 bits per heavy atom. The number of nitrogens with zero attached hydrogens (tertiary/aromatic N) is 4. The van der Waals surface area contributed by atoms with Gasteiger partial charge in [0.25, 0.3) is 0 Å². The average molecular weight is 811 g/mol. The van der Waals surface area contributed by atoms with Crippen molar-refractivity contribution >= 4 is 24.0 Å². The number of nitrogens with one attached hydrogen (secondary N) is 4. The molecular weight excluding hydrogens is 757 g/mol. The number of carbonyl (C=O) groups is 4. The Bertz CT molecular complexity index is 2220. The van der Waals surface area contributed by atoms with Crippen molar-refractivity contribution in [2.45, 2.75) is 85.4 Å². The Morgan fingerprint density at radius 1 is 0.729 bits per heavy atom. The molecule has 4 amide bonds. The highest BCUT2D eigenvalue weighted by molar-refractivity contribution is 5.87. The van der Waals surface area contributed by atoms with Crippen LogP contribution in [0, 0.1) is 16.7 Å². The summed E-state index contributed by atoms with van der Waals surface area (Å²) in [6, 6.07) is 10.1. The molecule has 4 aromatic rings. The zero-order valence-corrected chi connectivity index (χ0v) is 34.9. The zero-order chi connectivity index (χ0) is 42.2. The first-order chi connectivity index (χ1) is 28.0.